The van der Waals surface area contributed by atoms with Crippen LogP contribution in [0.5, 0.6) is 0 Å². The van der Waals surface area contributed by atoms with E-state index in [0.29, 0.717) is 11.3 Å². The lowest BCUT2D eigenvalue weighted by atomic mass is 10.1. The molecule has 2 N–H and O–H groups in total. The molecule has 0 radical (unpaired) electrons. The van der Waals surface area contributed by atoms with Crippen LogP contribution in [0.3, 0.4) is 0 Å². The summed E-state index contributed by atoms with van der Waals surface area (Å²) < 4.78 is 37.7. The van der Waals surface area contributed by atoms with E-state index in [1.807, 2.05) is 13.8 Å². The van der Waals surface area contributed by atoms with Crippen LogP contribution in [0.1, 0.15) is 25.0 Å². The second kappa shape index (κ2) is 6.19. The van der Waals surface area contributed by atoms with E-state index in [0.717, 1.165) is 17.0 Å². The first kappa shape index (κ1) is 15.7. The van der Waals surface area contributed by atoms with E-state index < -0.39 is 11.7 Å². The summed E-state index contributed by atoms with van der Waals surface area (Å²) in [5.41, 5.74) is 5.75. The van der Waals surface area contributed by atoms with Gasteiger partial charge in [0.25, 0.3) is 0 Å². The van der Waals surface area contributed by atoms with Gasteiger partial charge in [0.05, 0.1) is 5.56 Å². The minimum Gasteiger partial charge on any atom is -0.398 e. The van der Waals surface area contributed by atoms with Crippen LogP contribution in [-0.2, 0) is 6.18 Å². The van der Waals surface area contributed by atoms with Gasteiger partial charge < -0.3 is 5.73 Å². The smallest absolute Gasteiger partial charge is 0.398 e. The van der Waals surface area contributed by atoms with Gasteiger partial charge in [-0.1, -0.05) is 32.6 Å². The van der Waals surface area contributed by atoms with Crippen molar-refractivity contribution < 1.29 is 13.2 Å². The maximum Gasteiger partial charge on any atom is 0.416 e. The highest BCUT2D eigenvalue weighted by atomic mass is 32.2. The standard InChI is InChI=1S/C14H16F3NS/c1-9(2)10(3)19-8-13(18)11-5-4-6-12(7-11)14(15,16)17/h4-9H,3,18H2,1-2H3/b13-8-. The van der Waals surface area contributed by atoms with Crippen LogP contribution in [0.15, 0.2) is 41.2 Å². The van der Waals surface area contributed by atoms with Crippen LogP contribution in [-0.4, -0.2) is 0 Å². The van der Waals surface area contributed by atoms with Gasteiger partial charge in [-0.3, -0.25) is 0 Å². The maximum absolute atomic E-state index is 12.6. The molecule has 0 aliphatic rings. The average Bonchev–Trinajstić information content (AvgIpc) is 2.34. The largest absolute Gasteiger partial charge is 0.416 e. The minimum atomic E-state index is -4.36. The predicted octanol–water partition coefficient (Wildman–Crippen LogP) is 4.87. The van der Waals surface area contributed by atoms with Gasteiger partial charge in [0.15, 0.2) is 0 Å². The first-order valence-electron chi connectivity index (χ1n) is 5.70. The van der Waals surface area contributed by atoms with Gasteiger partial charge in [-0.05, 0) is 33.9 Å². The van der Waals surface area contributed by atoms with Gasteiger partial charge >= 0.3 is 6.18 Å². The summed E-state index contributed by atoms with van der Waals surface area (Å²) in [6, 6.07) is 4.97. The Morgan fingerprint density at radius 1 is 1.37 bits per heavy atom. The van der Waals surface area contributed by atoms with Crippen molar-refractivity contribution in [3.8, 4) is 0 Å². The van der Waals surface area contributed by atoms with E-state index in [2.05, 4.69) is 6.58 Å². The zero-order valence-corrected chi connectivity index (χ0v) is 11.6. The molecular weight excluding hydrogens is 271 g/mol. The van der Waals surface area contributed by atoms with Gasteiger partial charge in [0.2, 0.25) is 0 Å². The lowest BCUT2D eigenvalue weighted by Crippen LogP contribution is -2.06. The Balaban J connectivity index is 2.91. The number of hydrogen-bond acceptors (Lipinski definition) is 2. The molecule has 0 fully saturated rings. The Hall–Kier alpha value is -1.36. The van der Waals surface area contributed by atoms with E-state index in [-0.39, 0.29) is 5.92 Å². The monoisotopic (exact) mass is 287 g/mol. The Kier molecular flexibility index (Phi) is 5.11. The van der Waals surface area contributed by atoms with Crippen molar-refractivity contribution in [3.63, 3.8) is 0 Å². The summed E-state index contributed by atoms with van der Waals surface area (Å²) in [5, 5.41) is 1.62. The first-order valence-corrected chi connectivity index (χ1v) is 6.58. The number of halogens is 3. The number of alkyl halides is 3. The molecule has 5 heteroatoms. The van der Waals surface area contributed by atoms with Crippen molar-refractivity contribution in [2.45, 2.75) is 20.0 Å². The molecule has 1 aromatic rings. The van der Waals surface area contributed by atoms with Gasteiger partial charge in [-0.15, -0.1) is 11.8 Å². The number of allylic oxidation sites excluding steroid dienone is 1. The quantitative estimate of drug-likeness (QED) is 0.855. The normalized spacial score (nSPS) is 12.8. The molecule has 0 atom stereocenters. The predicted molar refractivity (Wildman–Crippen MR) is 75.2 cm³/mol. The second-order valence-corrected chi connectivity index (χ2v) is 5.39. The number of nitrogens with two attached hydrogens (primary N) is 1. The van der Waals surface area contributed by atoms with Crippen LogP contribution in [0.4, 0.5) is 13.2 Å². The highest BCUT2D eigenvalue weighted by molar-refractivity contribution is 8.05. The van der Waals surface area contributed by atoms with E-state index in [1.54, 1.807) is 11.5 Å². The zero-order valence-electron chi connectivity index (χ0n) is 10.8. The van der Waals surface area contributed by atoms with Crippen molar-refractivity contribution in [2.75, 3.05) is 0 Å². The molecular formula is C14H16F3NS. The third-order valence-electron chi connectivity index (χ3n) is 2.50. The molecule has 0 heterocycles. The molecule has 0 saturated heterocycles. The molecule has 1 nitrogen and oxygen atoms in total. The molecule has 0 amide bonds. The topological polar surface area (TPSA) is 26.0 Å². The molecule has 0 bridgehead atoms. The summed E-state index contributed by atoms with van der Waals surface area (Å²) in [5.74, 6) is 0.288. The SMILES string of the molecule is C=C(S/C=C(\N)c1cccc(C(F)(F)F)c1)C(C)C. The molecule has 0 aromatic heterocycles. The number of rotatable bonds is 4. The van der Waals surface area contributed by atoms with Gasteiger partial charge in [-0.2, -0.15) is 13.2 Å². The summed E-state index contributed by atoms with van der Waals surface area (Å²) >= 11 is 1.34. The summed E-state index contributed by atoms with van der Waals surface area (Å²) in [4.78, 5) is 0.912. The molecule has 0 saturated carbocycles. The summed E-state index contributed by atoms with van der Waals surface area (Å²) in [6.07, 6.45) is -4.36. The fraction of sp³-hybridized carbons (Fsp3) is 0.286. The van der Waals surface area contributed by atoms with Crippen LogP contribution in [0.25, 0.3) is 5.70 Å². The molecule has 0 aliphatic carbocycles. The molecule has 0 unspecified atom stereocenters. The highest BCUT2D eigenvalue weighted by Gasteiger charge is 2.30. The Morgan fingerprint density at radius 3 is 2.53 bits per heavy atom. The highest BCUT2D eigenvalue weighted by Crippen LogP contribution is 2.31. The van der Waals surface area contributed by atoms with Crippen molar-refractivity contribution in [3.05, 3.63) is 52.3 Å². The maximum atomic E-state index is 12.6. The van der Waals surface area contributed by atoms with E-state index in [9.17, 15) is 13.2 Å². The van der Waals surface area contributed by atoms with E-state index in [4.69, 9.17) is 5.73 Å². The number of benzene rings is 1. The van der Waals surface area contributed by atoms with Crippen LogP contribution in [0.2, 0.25) is 0 Å². The minimum absolute atomic E-state index is 0.288. The van der Waals surface area contributed by atoms with Crippen molar-refractivity contribution in [2.24, 2.45) is 11.7 Å². The number of hydrogen-bond donors (Lipinski definition) is 1. The lowest BCUT2D eigenvalue weighted by molar-refractivity contribution is -0.137. The Labute approximate surface area is 115 Å². The fourth-order valence-electron chi connectivity index (χ4n) is 1.22. The van der Waals surface area contributed by atoms with E-state index in [1.165, 1.54) is 17.8 Å². The van der Waals surface area contributed by atoms with Gasteiger partial charge in [-0.25, -0.2) is 0 Å². The van der Waals surface area contributed by atoms with Crippen molar-refractivity contribution in [1.29, 1.82) is 0 Å². The average molecular weight is 287 g/mol. The Morgan fingerprint density at radius 2 is 2.00 bits per heavy atom. The molecule has 1 rings (SSSR count). The molecule has 0 spiro atoms. The second-order valence-electron chi connectivity index (χ2n) is 4.39. The Bertz CT molecular complexity index is 490. The zero-order chi connectivity index (χ0) is 14.6. The summed E-state index contributed by atoms with van der Waals surface area (Å²) in [7, 11) is 0. The van der Waals surface area contributed by atoms with E-state index >= 15 is 0 Å². The molecule has 1 aromatic carbocycles. The van der Waals surface area contributed by atoms with Crippen LogP contribution < -0.4 is 5.73 Å². The van der Waals surface area contributed by atoms with Crippen LogP contribution in [0, 0.1) is 5.92 Å². The van der Waals surface area contributed by atoms with Gasteiger partial charge in [0, 0.05) is 5.70 Å². The fourth-order valence-corrected chi connectivity index (χ4v) is 1.90. The lowest BCUT2D eigenvalue weighted by Gasteiger charge is -2.10. The van der Waals surface area contributed by atoms with Crippen molar-refractivity contribution >= 4 is 17.5 Å². The molecule has 19 heavy (non-hydrogen) atoms. The molecule has 0 aliphatic heterocycles. The summed E-state index contributed by atoms with van der Waals surface area (Å²) in [6.45, 7) is 7.84. The number of thioether (sulfide) groups is 1. The molecule has 104 valence electrons. The van der Waals surface area contributed by atoms with Crippen LogP contribution >= 0.6 is 11.8 Å². The third-order valence-corrected chi connectivity index (χ3v) is 3.65. The van der Waals surface area contributed by atoms with Crippen molar-refractivity contribution in [1.82, 2.24) is 0 Å². The third kappa shape index (κ3) is 4.67. The van der Waals surface area contributed by atoms with Gasteiger partial charge in [0.1, 0.15) is 0 Å². The first-order chi connectivity index (χ1) is 8.71.